The minimum atomic E-state index is -4.28. The summed E-state index contributed by atoms with van der Waals surface area (Å²) in [4.78, 5) is 22.7. The zero-order chi connectivity index (χ0) is 36.3. The topological polar surface area (TPSA) is 91.3 Å². The standard InChI is InChI=1S/C40H72NO7P/c1-6-8-10-12-14-16-17-18-19-20-21-22-23-24-26-28-30-32-35-45-37-39(38-47-49(43,44)46-36-34-41(3,4)5)48-40(42)33-31-29-27-25-15-13-11-9-7-2/h8,10,14,16,18-19,21-22,24,26,39H,6-7,9,11-13,15,17,20,23,25,27-38H2,1-5H3/p+1/b10-8-,16-14-,19-18-,22-21-,26-24-. The number of hydrogen-bond donors (Lipinski definition) is 1. The molecule has 0 spiro atoms. The van der Waals surface area contributed by atoms with Gasteiger partial charge < -0.3 is 18.9 Å². The van der Waals surface area contributed by atoms with E-state index in [4.69, 9.17) is 18.5 Å². The molecule has 0 heterocycles. The lowest BCUT2D eigenvalue weighted by molar-refractivity contribution is -0.870. The highest BCUT2D eigenvalue weighted by atomic mass is 31.2. The van der Waals surface area contributed by atoms with Gasteiger partial charge in [0.05, 0.1) is 34.4 Å². The van der Waals surface area contributed by atoms with Gasteiger partial charge in [-0.1, -0.05) is 126 Å². The van der Waals surface area contributed by atoms with E-state index in [0.717, 1.165) is 70.6 Å². The first-order chi connectivity index (χ1) is 23.6. The van der Waals surface area contributed by atoms with Crippen LogP contribution in [-0.2, 0) is 27.9 Å². The molecule has 0 aromatic carbocycles. The summed E-state index contributed by atoms with van der Waals surface area (Å²) in [5.41, 5.74) is 0. The van der Waals surface area contributed by atoms with Crippen molar-refractivity contribution in [2.75, 3.05) is 54.1 Å². The van der Waals surface area contributed by atoms with E-state index in [1.54, 1.807) is 0 Å². The second-order valence-electron chi connectivity index (χ2n) is 13.6. The molecule has 2 unspecified atom stereocenters. The molecular weight excluding hydrogens is 637 g/mol. The summed E-state index contributed by atoms with van der Waals surface area (Å²) < 4.78 is 34.7. The molecule has 0 aliphatic rings. The van der Waals surface area contributed by atoms with E-state index in [1.807, 2.05) is 21.1 Å². The van der Waals surface area contributed by atoms with E-state index in [2.05, 4.69) is 74.6 Å². The SMILES string of the molecule is CC/C=C\C/C=C\C/C=C\C/C=C\C/C=C\CCCCOCC(COP(=O)(O)OCC[N+](C)(C)C)OC(=O)CCCCCCCCCCC. The zero-order valence-corrected chi connectivity index (χ0v) is 32.8. The first-order valence-corrected chi connectivity index (χ1v) is 20.5. The predicted molar refractivity (Wildman–Crippen MR) is 205 cm³/mol. The van der Waals surface area contributed by atoms with Gasteiger partial charge in [0.25, 0.3) is 0 Å². The quantitative estimate of drug-likeness (QED) is 0.0234. The highest BCUT2D eigenvalue weighted by Gasteiger charge is 2.26. The van der Waals surface area contributed by atoms with Crippen LogP contribution in [0.15, 0.2) is 60.8 Å². The van der Waals surface area contributed by atoms with E-state index in [-0.39, 0.29) is 25.8 Å². The molecule has 2 atom stereocenters. The molecule has 0 aliphatic carbocycles. The molecule has 0 radical (unpaired) electrons. The number of esters is 1. The molecule has 0 bridgehead atoms. The second-order valence-corrected chi connectivity index (χ2v) is 15.0. The smallest absolute Gasteiger partial charge is 0.457 e. The van der Waals surface area contributed by atoms with E-state index in [9.17, 15) is 14.3 Å². The fourth-order valence-corrected chi connectivity index (χ4v) is 5.38. The van der Waals surface area contributed by atoms with Gasteiger partial charge in [0, 0.05) is 13.0 Å². The number of ether oxygens (including phenoxy) is 2. The average molecular weight is 711 g/mol. The number of phosphoric ester groups is 1. The van der Waals surface area contributed by atoms with Crippen LogP contribution in [0, 0.1) is 0 Å². The first kappa shape index (κ1) is 47.2. The van der Waals surface area contributed by atoms with Gasteiger partial charge in [0.2, 0.25) is 0 Å². The normalized spacial score (nSPS) is 14.7. The molecular formula is C40H73NO7P+. The zero-order valence-electron chi connectivity index (χ0n) is 31.9. The van der Waals surface area contributed by atoms with Crippen LogP contribution in [0.25, 0.3) is 0 Å². The summed E-state index contributed by atoms with van der Waals surface area (Å²) in [6, 6.07) is 0. The predicted octanol–water partition coefficient (Wildman–Crippen LogP) is 10.6. The molecule has 0 aromatic heterocycles. The highest BCUT2D eigenvalue weighted by Crippen LogP contribution is 2.43. The maximum Gasteiger partial charge on any atom is 0.472 e. The molecule has 284 valence electrons. The summed E-state index contributed by atoms with van der Waals surface area (Å²) in [5, 5.41) is 0. The third-order valence-corrected chi connectivity index (χ3v) is 8.58. The molecule has 0 rings (SSSR count). The van der Waals surface area contributed by atoms with Crippen molar-refractivity contribution < 1.29 is 37.3 Å². The van der Waals surface area contributed by atoms with Crippen LogP contribution in [0.3, 0.4) is 0 Å². The number of quaternary nitrogens is 1. The van der Waals surface area contributed by atoms with Crippen molar-refractivity contribution in [3.8, 4) is 0 Å². The number of unbranched alkanes of at least 4 members (excludes halogenated alkanes) is 10. The van der Waals surface area contributed by atoms with Crippen LogP contribution >= 0.6 is 7.82 Å². The third kappa shape index (κ3) is 37.3. The molecule has 0 saturated heterocycles. The summed E-state index contributed by atoms with van der Waals surface area (Å²) in [7, 11) is 1.63. The molecule has 9 heteroatoms. The molecule has 0 saturated carbocycles. The van der Waals surface area contributed by atoms with Gasteiger partial charge in [-0.15, -0.1) is 0 Å². The lowest BCUT2D eigenvalue weighted by Gasteiger charge is -2.24. The number of rotatable bonds is 34. The number of nitrogens with zero attached hydrogens (tertiary/aromatic N) is 1. The van der Waals surface area contributed by atoms with Gasteiger partial charge in [-0.25, -0.2) is 4.57 Å². The molecule has 0 aliphatic heterocycles. The van der Waals surface area contributed by atoms with Crippen molar-refractivity contribution in [1.82, 2.24) is 0 Å². The van der Waals surface area contributed by atoms with Gasteiger partial charge in [-0.2, -0.15) is 0 Å². The Kier molecular flexibility index (Phi) is 32.1. The number of phosphoric acid groups is 1. The van der Waals surface area contributed by atoms with Crippen LogP contribution in [-0.4, -0.2) is 75.6 Å². The van der Waals surface area contributed by atoms with Crippen LogP contribution in [0.5, 0.6) is 0 Å². The number of carbonyl (C=O) groups excluding carboxylic acids is 1. The van der Waals surface area contributed by atoms with Crippen molar-refractivity contribution in [1.29, 1.82) is 0 Å². The van der Waals surface area contributed by atoms with Gasteiger partial charge in [-0.05, 0) is 57.8 Å². The monoisotopic (exact) mass is 711 g/mol. The molecule has 49 heavy (non-hydrogen) atoms. The maximum atomic E-state index is 12.6. The van der Waals surface area contributed by atoms with Crippen molar-refractivity contribution in [3.05, 3.63) is 60.8 Å². The van der Waals surface area contributed by atoms with E-state index in [0.29, 0.717) is 24.1 Å². The Labute approximate surface area is 300 Å². The Hall–Kier alpha value is -1.80. The Morgan fingerprint density at radius 2 is 1.18 bits per heavy atom. The Morgan fingerprint density at radius 3 is 1.73 bits per heavy atom. The van der Waals surface area contributed by atoms with E-state index in [1.165, 1.54) is 38.5 Å². The van der Waals surface area contributed by atoms with Gasteiger partial charge >= 0.3 is 13.8 Å². The summed E-state index contributed by atoms with van der Waals surface area (Å²) >= 11 is 0. The number of allylic oxidation sites excluding steroid dienone is 10. The molecule has 8 nitrogen and oxygen atoms in total. The van der Waals surface area contributed by atoms with Crippen molar-refractivity contribution in [3.63, 3.8) is 0 Å². The Balaban J connectivity index is 4.36. The van der Waals surface area contributed by atoms with Gasteiger partial charge in [0.1, 0.15) is 19.3 Å². The summed E-state index contributed by atoms with van der Waals surface area (Å²) in [6.45, 7) is 5.35. The maximum absolute atomic E-state index is 12.6. The van der Waals surface area contributed by atoms with Crippen molar-refractivity contribution in [2.45, 2.75) is 136 Å². The summed E-state index contributed by atoms with van der Waals surface area (Å²) in [5.74, 6) is -0.336. The van der Waals surface area contributed by atoms with Gasteiger partial charge in [-0.3, -0.25) is 13.8 Å². The Bertz CT molecular complexity index is 968. The lowest BCUT2D eigenvalue weighted by atomic mass is 10.1. The largest absolute Gasteiger partial charge is 0.472 e. The highest BCUT2D eigenvalue weighted by molar-refractivity contribution is 7.47. The third-order valence-electron chi connectivity index (χ3n) is 7.59. The number of likely N-dealkylation sites (N-methyl/N-ethyl adjacent to an activating group) is 1. The fraction of sp³-hybridized carbons (Fsp3) is 0.725. The Morgan fingerprint density at radius 1 is 0.653 bits per heavy atom. The van der Waals surface area contributed by atoms with E-state index >= 15 is 0 Å². The molecule has 0 aromatic rings. The molecule has 0 fully saturated rings. The summed E-state index contributed by atoms with van der Waals surface area (Å²) in [6.07, 6.45) is 39.8. The number of hydrogen-bond acceptors (Lipinski definition) is 6. The average Bonchev–Trinajstić information content (AvgIpc) is 3.04. The first-order valence-electron chi connectivity index (χ1n) is 19.0. The van der Waals surface area contributed by atoms with Crippen LogP contribution in [0.1, 0.15) is 129 Å². The minimum absolute atomic E-state index is 0.0781. The van der Waals surface area contributed by atoms with Crippen LogP contribution in [0.2, 0.25) is 0 Å². The number of carbonyl (C=O) groups is 1. The van der Waals surface area contributed by atoms with E-state index < -0.39 is 13.9 Å². The fourth-order valence-electron chi connectivity index (χ4n) is 4.64. The van der Waals surface area contributed by atoms with Crippen molar-refractivity contribution >= 4 is 13.8 Å². The molecule has 0 amide bonds. The van der Waals surface area contributed by atoms with Crippen LogP contribution in [0.4, 0.5) is 0 Å². The van der Waals surface area contributed by atoms with Crippen molar-refractivity contribution in [2.24, 2.45) is 0 Å². The second kappa shape index (κ2) is 33.3. The molecule has 1 N–H and O–H groups in total. The minimum Gasteiger partial charge on any atom is -0.457 e. The van der Waals surface area contributed by atoms with Gasteiger partial charge in [0.15, 0.2) is 0 Å². The lowest BCUT2D eigenvalue weighted by Crippen LogP contribution is -2.37. The van der Waals surface area contributed by atoms with Crippen LogP contribution < -0.4 is 0 Å².